The van der Waals surface area contributed by atoms with Gasteiger partial charge in [-0.2, -0.15) is 0 Å². The van der Waals surface area contributed by atoms with Crippen molar-refractivity contribution in [3.8, 4) is 11.5 Å². The lowest BCUT2D eigenvalue weighted by atomic mass is 10.3. The van der Waals surface area contributed by atoms with E-state index in [0.29, 0.717) is 19.7 Å². The highest BCUT2D eigenvalue weighted by Gasteiger charge is 1.99. The van der Waals surface area contributed by atoms with Gasteiger partial charge in [0, 0.05) is 11.9 Å². The van der Waals surface area contributed by atoms with E-state index in [1.807, 2.05) is 29.6 Å². The van der Waals surface area contributed by atoms with Crippen molar-refractivity contribution in [2.75, 3.05) is 25.6 Å². The number of nitrogens with two attached hydrogens (primary N) is 1. The normalized spacial score (nSPS) is 10.2. The Morgan fingerprint density at radius 2 is 2.00 bits per heavy atom. The predicted molar refractivity (Wildman–Crippen MR) is 77.0 cm³/mol. The van der Waals surface area contributed by atoms with E-state index in [4.69, 9.17) is 15.2 Å². The summed E-state index contributed by atoms with van der Waals surface area (Å²) in [5.74, 6) is 1.65. The highest BCUT2D eigenvalue weighted by molar-refractivity contribution is 7.13. The van der Waals surface area contributed by atoms with Crippen molar-refractivity contribution < 1.29 is 9.47 Å². The molecule has 0 spiro atoms. The minimum Gasteiger partial charge on any atom is -0.497 e. The van der Waals surface area contributed by atoms with Crippen LogP contribution in [-0.2, 0) is 6.54 Å². The molecule has 2 rings (SSSR count). The second kappa shape index (κ2) is 6.96. The van der Waals surface area contributed by atoms with Crippen LogP contribution in [0.3, 0.4) is 0 Å². The van der Waals surface area contributed by atoms with E-state index in [1.54, 1.807) is 18.4 Å². The molecule has 0 amide bonds. The van der Waals surface area contributed by atoms with E-state index < -0.39 is 0 Å². The van der Waals surface area contributed by atoms with Crippen LogP contribution < -0.4 is 20.5 Å². The van der Waals surface area contributed by atoms with E-state index in [2.05, 4.69) is 10.3 Å². The van der Waals surface area contributed by atoms with Crippen molar-refractivity contribution in [3.05, 3.63) is 35.3 Å². The summed E-state index contributed by atoms with van der Waals surface area (Å²) in [6.07, 6.45) is 0. The van der Waals surface area contributed by atoms with Gasteiger partial charge in [0.2, 0.25) is 0 Å². The van der Waals surface area contributed by atoms with Gasteiger partial charge >= 0.3 is 0 Å². The zero-order valence-electron chi connectivity index (χ0n) is 10.8. The number of benzene rings is 1. The number of rotatable bonds is 7. The van der Waals surface area contributed by atoms with Crippen LogP contribution in [0.15, 0.2) is 29.6 Å². The number of hydrogen-bond donors (Lipinski definition) is 2. The van der Waals surface area contributed by atoms with Crippen LogP contribution in [0, 0.1) is 0 Å². The van der Waals surface area contributed by atoms with E-state index in [-0.39, 0.29) is 0 Å². The summed E-state index contributed by atoms with van der Waals surface area (Å²) < 4.78 is 10.7. The van der Waals surface area contributed by atoms with Crippen LogP contribution in [0.5, 0.6) is 11.5 Å². The molecule has 102 valence electrons. The Labute approximate surface area is 116 Å². The summed E-state index contributed by atoms with van der Waals surface area (Å²) in [7, 11) is 1.64. The van der Waals surface area contributed by atoms with Crippen LogP contribution in [0.2, 0.25) is 0 Å². The molecule has 6 heteroatoms. The van der Waals surface area contributed by atoms with Crippen molar-refractivity contribution in [2.45, 2.75) is 6.54 Å². The summed E-state index contributed by atoms with van der Waals surface area (Å²) in [5, 5.41) is 6.02. The molecule has 1 aromatic heterocycles. The maximum absolute atomic E-state index is 5.59. The van der Waals surface area contributed by atoms with Crippen LogP contribution in [0.25, 0.3) is 0 Å². The predicted octanol–water partition coefficient (Wildman–Crippen LogP) is 2.10. The SMILES string of the molecule is COc1ccc(OCCNc2nc(CN)cs2)cc1. The third kappa shape index (κ3) is 4.11. The summed E-state index contributed by atoms with van der Waals surface area (Å²) >= 11 is 1.55. The number of aromatic nitrogens is 1. The smallest absolute Gasteiger partial charge is 0.183 e. The Balaban J connectivity index is 1.71. The first-order valence-corrected chi connectivity index (χ1v) is 6.85. The molecule has 2 aromatic rings. The third-order valence-electron chi connectivity index (χ3n) is 2.47. The van der Waals surface area contributed by atoms with Crippen LogP contribution in [-0.4, -0.2) is 25.2 Å². The lowest BCUT2D eigenvalue weighted by molar-refractivity contribution is 0.331. The van der Waals surface area contributed by atoms with Gasteiger partial charge in [0.1, 0.15) is 18.1 Å². The van der Waals surface area contributed by atoms with E-state index >= 15 is 0 Å². The molecule has 0 radical (unpaired) electrons. The summed E-state index contributed by atoms with van der Waals surface area (Å²) in [6, 6.07) is 7.51. The van der Waals surface area contributed by atoms with Gasteiger partial charge in [-0.1, -0.05) is 0 Å². The Bertz CT molecular complexity index is 499. The van der Waals surface area contributed by atoms with E-state index in [9.17, 15) is 0 Å². The minimum absolute atomic E-state index is 0.473. The molecule has 5 nitrogen and oxygen atoms in total. The molecule has 1 aromatic carbocycles. The number of ether oxygens (including phenoxy) is 2. The molecular formula is C13H17N3O2S. The first kappa shape index (κ1) is 13.6. The van der Waals surface area contributed by atoms with Crippen molar-refractivity contribution in [1.29, 1.82) is 0 Å². The Morgan fingerprint density at radius 3 is 2.63 bits per heavy atom. The number of nitrogens with one attached hydrogen (secondary N) is 1. The quantitative estimate of drug-likeness (QED) is 0.760. The van der Waals surface area contributed by atoms with Gasteiger partial charge in [-0.15, -0.1) is 11.3 Å². The molecule has 0 saturated heterocycles. The van der Waals surface area contributed by atoms with Gasteiger partial charge in [-0.3, -0.25) is 0 Å². The highest BCUT2D eigenvalue weighted by atomic mass is 32.1. The highest BCUT2D eigenvalue weighted by Crippen LogP contribution is 2.17. The molecule has 0 fully saturated rings. The zero-order valence-corrected chi connectivity index (χ0v) is 11.6. The van der Waals surface area contributed by atoms with E-state index in [0.717, 1.165) is 22.3 Å². The number of methoxy groups -OCH3 is 1. The van der Waals surface area contributed by atoms with Gasteiger partial charge in [-0.05, 0) is 24.3 Å². The number of thiazole rings is 1. The zero-order chi connectivity index (χ0) is 13.5. The fourth-order valence-corrected chi connectivity index (χ4v) is 2.23. The standard InChI is InChI=1S/C13H17N3O2S/c1-17-11-2-4-12(5-3-11)18-7-6-15-13-16-10(8-14)9-19-13/h2-5,9H,6-8,14H2,1H3,(H,15,16). The lowest BCUT2D eigenvalue weighted by Gasteiger charge is -2.07. The largest absolute Gasteiger partial charge is 0.497 e. The van der Waals surface area contributed by atoms with Crippen LogP contribution >= 0.6 is 11.3 Å². The maximum atomic E-state index is 5.59. The van der Waals surface area contributed by atoms with Crippen molar-refractivity contribution in [3.63, 3.8) is 0 Å². The third-order valence-corrected chi connectivity index (χ3v) is 3.32. The molecule has 1 heterocycles. The molecule has 0 unspecified atom stereocenters. The first-order chi connectivity index (χ1) is 9.31. The molecule has 0 atom stereocenters. The van der Waals surface area contributed by atoms with Crippen LogP contribution in [0.1, 0.15) is 5.69 Å². The van der Waals surface area contributed by atoms with E-state index in [1.165, 1.54) is 0 Å². The molecule has 0 aliphatic rings. The number of hydrogen-bond acceptors (Lipinski definition) is 6. The molecule has 19 heavy (non-hydrogen) atoms. The molecule has 3 N–H and O–H groups in total. The topological polar surface area (TPSA) is 69.4 Å². The van der Waals surface area contributed by atoms with Gasteiger partial charge in [0.15, 0.2) is 5.13 Å². The lowest BCUT2D eigenvalue weighted by Crippen LogP contribution is -2.11. The van der Waals surface area contributed by atoms with Crippen molar-refractivity contribution in [2.24, 2.45) is 5.73 Å². The number of nitrogens with zero attached hydrogens (tertiary/aromatic N) is 1. The fourth-order valence-electron chi connectivity index (χ4n) is 1.48. The van der Waals surface area contributed by atoms with Gasteiger partial charge < -0.3 is 20.5 Å². The first-order valence-electron chi connectivity index (χ1n) is 5.97. The molecule has 0 saturated carbocycles. The van der Waals surface area contributed by atoms with Crippen molar-refractivity contribution in [1.82, 2.24) is 4.98 Å². The molecular weight excluding hydrogens is 262 g/mol. The van der Waals surface area contributed by atoms with Gasteiger partial charge in [0.05, 0.1) is 19.3 Å². The molecule has 0 aliphatic heterocycles. The fraction of sp³-hybridized carbons (Fsp3) is 0.308. The molecule has 0 aliphatic carbocycles. The summed E-state index contributed by atoms with van der Waals surface area (Å²) in [4.78, 5) is 4.31. The maximum Gasteiger partial charge on any atom is 0.183 e. The van der Waals surface area contributed by atoms with Gasteiger partial charge in [0.25, 0.3) is 0 Å². The number of anilines is 1. The monoisotopic (exact) mass is 279 g/mol. The second-order valence-electron chi connectivity index (χ2n) is 3.80. The average Bonchev–Trinajstić information content (AvgIpc) is 2.92. The Morgan fingerprint density at radius 1 is 1.26 bits per heavy atom. The van der Waals surface area contributed by atoms with Crippen molar-refractivity contribution >= 4 is 16.5 Å². The molecule has 0 bridgehead atoms. The Hall–Kier alpha value is -1.79. The minimum atomic E-state index is 0.473. The summed E-state index contributed by atoms with van der Waals surface area (Å²) in [5.41, 5.74) is 6.41. The summed E-state index contributed by atoms with van der Waals surface area (Å²) in [6.45, 7) is 1.74. The average molecular weight is 279 g/mol. The van der Waals surface area contributed by atoms with Crippen LogP contribution in [0.4, 0.5) is 5.13 Å². The second-order valence-corrected chi connectivity index (χ2v) is 4.66. The Kier molecular flexibility index (Phi) is 5.00. The van der Waals surface area contributed by atoms with Gasteiger partial charge in [-0.25, -0.2) is 4.98 Å².